The molecule has 0 unspecified atom stereocenters. The first-order chi connectivity index (χ1) is 14.3. The Balaban J connectivity index is 1.74. The van der Waals surface area contributed by atoms with Crippen molar-refractivity contribution in [2.24, 2.45) is 0 Å². The van der Waals surface area contributed by atoms with E-state index in [4.69, 9.17) is 9.47 Å². The maximum atomic E-state index is 12.9. The summed E-state index contributed by atoms with van der Waals surface area (Å²) in [5, 5.41) is 0. The molecule has 1 heterocycles. The van der Waals surface area contributed by atoms with Crippen LogP contribution in [0.2, 0.25) is 0 Å². The van der Waals surface area contributed by atoms with Gasteiger partial charge >= 0.3 is 5.97 Å². The maximum Gasteiger partial charge on any atom is 0.338 e. The molecule has 3 rings (SSSR count). The number of hydrogen-bond donors (Lipinski definition) is 0. The van der Waals surface area contributed by atoms with Gasteiger partial charge in [0.15, 0.2) is 12.4 Å². The van der Waals surface area contributed by atoms with Crippen molar-refractivity contribution >= 4 is 21.8 Å². The van der Waals surface area contributed by atoms with Crippen molar-refractivity contribution in [3.05, 3.63) is 59.2 Å². The number of ether oxygens (including phenoxy) is 2. The number of methoxy groups -OCH3 is 1. The van der Waals surface area contributed by atoms with Gasteiger partial charge in [-0.15, -0.1) is 0 Å². The number of aryl methyl sites for hydroxylation is 1. The zero-order chi connectivity index (χ0) is 21.7. The number of Topliss-reactive ketones (excluding diaryl/α,β-unsaturated/α-hetero) is 1. The number of piperidine rings is 1. The summed E-state index contributed by atoms with van der Waals surface area (Å²) >= 11 is 0. The summed E-state index contributed by atoms with van der Waals surface area (Å²) in [6.45, 7) is 2.20. The molecule has 0 bridgehead atoms. The second-order valence-electron chi connectivity index (χ2n) is 7.17. The van der Waals surface area contributed by atoms with Crippen molar-refractivity contribution in [3.8, 4) is 5.75 Å². The van der Waals surface area contributed by atoms with Crippen LogP contribution >= 0.6 is 0 Å². The molecule has 2 aromatic carbocycles. The Morgan fingerprint density at radius 3 is 2.47 bits per heavy atom. The van der Waals surface area contributed by atoms with E-state index in [0.717, 1.165) is 19.3 Å². The van der Waals surface area contributed by atoms with E-state index >= 15 is 0 Å². The van der Waals surface area contributed by atoms with Gasteiger partial charge in [0, 0.05) is 18.7 Å². The van der Waals surface area contributed by atoms with E-state index in [0.29, 0.717) is 30.0 Å². The fourth-order valence-electron chi connectivity index (χ4n) is 3.32. The molecular formula is C22H25NO6S. The minimum Gasteiger partial charge on any atom is -0.497 e. The molecule has 1 fully saturated rings. The van der Waals surface area contributed by atoms with Gasteiger partial charge in [0.05, 0.1) is 17.6 Å². The Morgan fingerprint density at radius 2 is 1.77 bits per heavy atom. The van der Waals surface area contributed by atoms with Crippen LogP contribution in [0.15, 0.2) is 47.4 Å². The van der Waals surface area contributed by atoms with Gasteiger partial charge in [0.2, 0.25) is 10.0 Å². The second kappa shape index (κ2) is 9.40. The third-order valence-electron chi connectivity index (χ3n) is 5.11. The average molecular weight is 432 g/mol. The topological polar surface area (TPSA) is 90.0 Å². The van der Waals surface area contributed by atoms with E-state index in [2.05, 4.69) is 0 Å². The van der Waals surface area contributed by atoms with E-state index in [1.165, 1.54) is 23.5 Å². The normalized spacial score (nSPS) is 14.9. The van der Waals surface area contributed by atoms with Gasteiger partial charge in [-0.3, -0.25) is 4.79 Å². The zero-order valence-electron chi connectivity index (χ0n) is 17.1. The number of ketones is 1. The number of hydrogen-bond acceptors (Lipinski definition) is 6. The van der Waals surface area contributed by atoms with Crippen molar-refractivity contribution in [1.82, 2.24) is 4.31 Å². The number of benzene rings is 2. The summed E-state index contributed by atoms with van der Waals surface area (Å²) < 4.78 is 37.5. The van der Waals surface area contributed by atoms with Gasteiger partial charge in [0.25, 0.3) is 0 Å². The number of sulfonamides is 1. The van der Waals surface area contributed by atoms with Crippen molar-refractivity contribution in [2.45, 2.75) is 31.1 Å². The summed E-state index contributed by atoms with van der Waals surface area (Å²) in [4.78, 5) is 25.0. The third kappa shape index (κ3) is 4.88. The van der Waals surface area contributed by atoms with Crippen molar-refractivity contribution < 1.29 is 27.5 Å². The monoisotopic (exact) mass is 431 g/mol. The molecule has 30 heavy (non-hydrogen) atoms. The highest BCUT2D eigenvalue weighted by atomic mass is 32.2. The van der Waals surface area contributed by atoms with Crippen LogP contribution in [0.1, 0.15) is 45.5 Å². The number of nitrogens with zero attached hydrogens (tertiary/aromatic N) is 1. The van der Waals surface area contributed by atoms with Crippen LogP contribution in [0.4, 0.5) is 0 Å². The van der Waals surface area contributed by atoms with E-state index in [1.54, 1.807) is 37.3 Å². The lowest BCUT2D eigenvalue weighted by Gasteiger charge is -2.26. The van der Waals surface area contributed by atoms with Crippen molar-refractivity contribution in [1.29, 1.82) is 0 Å². The molecule has 0 aliphatic carbocycles. The Kier molecular flexibility index (Phi) is 6.89. The highest BCUT2D eigenvalue weighted by Crippen LogP contribution is 2.23. The summed E-state index contributed by atoms with van der Waals surface area (Å²) in [5.41, 5.74) is 1.07. The molecule has 0 saturated carbocycles. The first kappa shape index (κ1) is 22.0. The molecule has 2 aromatic rings. The molecule has 0 radical (unpaired) electrons. The molecule has 1 aliphatic rings. The fourth-order valence-corrected chi connectivity index (χ4v) is 4.87. The number of carbonyl (C=O) groups excluding carboxylic acids is 2. The Labute approximate surface area is 176 Å². The lowest BCUT2D eigenvalue weighted by atomic mass is 10.1. The van der Waals surface area contributed by atoms with Gasteiger partial charge in [-0.05, 0) is 49.6 Å². The zero-order valence-corrected chi connectivity index (χ0v) is 17.9. The molecule has 160 valence electrons. The molecule has 0 N–H and O–H groups in total. The van der Waals surface area contributed by atoms with E-state index in [9.17, 15) is 18.0 Å². The van der Waals surface area contributed by atoms with Crippen LogP contribution in [0.25, 0.3) is 0 Å². The predicted octanol–water partition coefficient (Wildman–Crippen LogP) is 3.22. The lowest BCUT2D eigenvalue weighted by molar-refractivity contribution is 0.0473. The minimum absolute atomic E-state index is 0.0565. The molecule has 0 atom stereocenters. The number of carbonyl (C=O) groups is 2. The summed E-state index contributed by atoms with van der Waals surface area (Å²) in [6, 6.07) is 11.0. The average Bonchev–Trinajstić information content (AvgIpc) is 2.78. The fraction of sp³-hybridized carbons (Fsp3) is 0.364. The second-order valence-corrected chi connectivity index (χ2v) is 9.11. The number of rotatable bonds is 7. The summed E-state index contributed by atoms with van der Waals surface area (Å²) in [7, 11) is -2.17. The highest BCUT2D eigenvalue weighted by molar-refractivity contribution is 7.89. The molecule has 1 aliphatic heterocycles. The lowest BCUT2D eigenvalue weighted by Crippen LogP contribution is -2.35. The highest BCUT2D eigenvalue weighted by Gasteiger charge is 2.27. The minimum atomic E-state index is -3.67. The van der Waals surface area contributed by atoms with Crippen LogP contribution in [0, 0.1) is 6.92 Å². The Morgan fingerprint density at radius 1 is 1.03 bits per heavy atom. The largest absolute Gasteiger partial charge is 0.497 e. The summed E-state index contributed by atoms with van der Waals surface area (Å²) in [6.07, 6.45) is 2.66. The quantitative estimate of drug-likeness (QED) is 0.494. The standard InChI is InChI=1S/C22H25NO6S/c1-16-9-10-19(30(26,27)23-11-4-3-5-12-23)14-20(16)22(25)29-15-21(24)17-7-6-8-18(13-17)28-2/h6-10,13-14H,3-5,11-12,15H2,1-2H3. The van der Waals surface area contributed by atoms with Crippen LogP contribution in [-0.4, -0.2) is 51.3 Å². The molecule has 0 aromatic heterocycles. The third-order valence-corrected chi connectivity index (χ3v) is 7.00. The van der Waals surface area contributed by atoms with E-state index in [1.807, 2.05) is 0 Å². The molecular weight excluding hydrogens is 406 g/mol. The van der Waals surface area contributed by atoms with Crippen LogP contribution in [-0.2, 0) is 14.8 Å². The van der Waals surface area contributed by atoms with Gasteiger partial charge in [0.1, 0.15) is 5.75 Å². The van der Waals surface area contributed by atoms with Crippen LogP contribution < -0.4 is 4.74 Å². The van der Waals surface area contributed by atoms with Crippen LogP contribution in [0.3, 0.4) is 0 Å². The van der Waals surface area contributed by atoms with Crippen molar-refractivity contribution in [2.75, 3.05) is 26.8 Å². The molecule has 1 saturated heterocycles. The van der Waals surface area contributed by atoms with Gasteiger partial charge < -0.3 is 9.47 Å². The van der Waals surface area contributed by atoms with Crippen molar-refractivity contribution in [3.63, 3.8) is 0 Å². The first-order valence-corrected chi connectivity index (χ1v) is 11.2. The van der Waals surface area contributed by atoms with E-state index in [-0.39, 0.29) is 16.2 Å². The van der Waals surface area contributed by atoms with Gasteiger partial charge in [-0.2, -0.15) is 4.31 Å². The summed E-state index contributed by atoms with van der Waals surface area (Å²) in [5.74, 6) is -0.588. The van der Waals surface area contributed by atoms with Crippen LogP contribution in [0.5, 0.6) is 5.75 Å². The smallest absolute Gasteiger partial charge is 0.338 e. The molecule has 0 spiro atoms. The maximum absolute atomic E-state index is 12.9. The Bertz CT molecular complexity index is 1040. The molecule has 0 amide bonds. The first-order valence-electron chi connectivity index (χ1n) is 9.78. The molecule has 8 heteroatoms. The van der Waals surface area contributed by atoms with E-state index < -0.39 is 22.6 Å². The Hall–Kier alpha value is -2.71. The predicted molar refractivity (Wildman–Crippen MR) is 111 cm³/mol. The van der Waals surface area contributed by atoms with Gasteiger partial charge in [-0.1, -0.05) is 24.6 Å². The number of esters is 1. The van der Waals surface area contributed by atoms with Gasteiger partial charge in [-0.25, -0.2) is 13.2 Å². The SMILES string of the molecule is COc1cccc(C(=O)COC(=O)c2cc(S(=O)(=O)N3CCCCC3)ccc2C)c1. The molecule has 7 nitrogen and oxygen atoms in total.